The molecule has 2 heterocycles. The number of amides is 1. The van der Waals surface area contributed by atoms with Crippen molar-refractivity contribution in [2.75, 3.05) is 0 Å². The van der Waals surface area contributed by atoms with Gasteiger partial charge in [0.25, 0.3) is 0 Å². The molecule has 0 bridgehead atoms. The monoisotopic (exact) mass is 279 g/mol. The van der Waals surface area contributed by atoms with Crippen LogP contribution < -0.4 is 5.32 Å². The van der Waals surface area contributed by atoms with Gasteiger partial charge in [-0.15, -0.1) is 0 Å². The van der Waals surface area contributed by atoms with Gasteiger partial charge in [-0.3, -0.25) is 4.98 Å². The van der Waals surface area contributed by atoms with E-state index in [1.807, 2.05) is 42.5 Å². The van der Waals surface area contributed by atoms with Crippen molar-refractivity contribution >= 4 is 17.0 Å². The highest BCUT2D eigenvalue weighted by molar-refractivity contribution is 5.81. The van der Waals surface area contributed by atoms with Crippen LogP contribution in [0.1, 0.15) is 5.69 Å². The van der Waals surface area contributed by atoms with E-state index in [9.17, 15) is 4.79 Å². The Morgan fingerprint density at radius 3 is 2.71 bits per heavy atom. The average Bonchev–Trinajstić information content (AvgIpc) is 2.53. The summed E-state index contributed by atoms with van der Waals surface area (Å²) in [6.07, 6.45) is 0.638. The summed E-state index contributed by atoms with van der Waals surface area (Å²) in [5, 5.41) is 11.9. The van der Waals surface area contributed by atoms with Crippen molar-refractivity contribution in [1.29, 1.82) is 0 Å². The molecule has 3 rings (SSSR count). The molecule has 2 N–H and O–H groups in total. The van der Waals surface area contributed by atoms with E-state index in [2.05, 4.69) is 15.3 Å². The Labute approximate surface area is 121 Å². The van der Waals surface area contributed by atoms with Gasteiger partial charge in [-0.2, -0.15) is 0 Å². The molecule has 0 radical (unpaired) electrons. The Bertz CT molecular complexity index is 788. The molecule has 0 aliphatic rings. The molecule has 21 heavy (non-hydrogen) atoms. The zero-order chi connectivity index (χ0) is 14.7. The molecular formula is C16H13N3O2. The number of hydrogen-bond donors (Lipinski definition) is 2. The SMILES string of the molecule is O=C(O)NCc1cc2nc(-c3ccccc3)ccc2cn1. The number of aromatic nitrogens is 2. The lowest BCUT2D eigenvalue weighted by Crippen LogP contribution is -2.20. The summed E-state index contributed by atoms with van der Waals surface area (Å²) in [5.41, 5.74) is 3.36. The van der Waals surface area contributed by atoms with Gasteiger partial charge in [0, 0.05) is 17.1 Å². The lowest BCUT2D eigenvalue weighted by Gasteiger charge is -2.05. The highest BCUT2D eigenvalue weighted by Crippen LogP contribution is 2.20. The summed E-state index contributed by atoms with van der Waals surface area (Å²) >= 11 is 0. The first kappa shape index (κ1) is 13.1. The number of nitrogens with zero attached hydrogens (tertiary/aromatic N) is 2. The number of carboxylic acid groups (broad SMARTS) is 1. The molecule has 2 aromatic heterocycles. The summed E-state index contributed by atoms with van der Waals surface area (Å²) in [6, 6.07) is 15.6. The number of pyridine rings is 2. The topological polar surface area (TPSA) is 75.1 Å². The molecule has 0 unspecified atom stereocenters. The highest BCUT2D eigenvalue weighted by Gasteiger charge is 2.04. The molecule has 1 aromatic carbocycles. The van der Waals surface area contributed by atoms with Crippen LogP contribution in [0.4, 0.5) is 4.79 Å². The van der Waals surface area contributed by atoms with Gasteiger partial charge in [0.1, 0.15) is 0 Å². The van der Waals surface area contributed by atoms with Gasteiger partial charge in [0.15, 0.2) is 0 Å². The fourth-order valence-electron chi connectivity index (χ4n) is 2.09. The van der Waals surface area contributed by atoms with Crippen LogP contribution in [0.2, 0.25) is 0 Å². The molecule has 104 valence electrons. The van der Waals surface area contributed by atoms with Crippen LogP contribution in [0.25, 0.3) is 22.2 Å². The summed E-state index contributed by atoms with van der Waals surface area (Å²) in [4.78, 5) is 19.4. The summed E-state index contributed by atoms with van der Waals surface area (Å²) in [7, 11) is 0. The van der Waals surface area contributed by atoms with Crippen molar-refractivity contribution in [3.8, 4) is 11.3 Å². The maximum absolute atomic E-state index is 10.5. The lowest BCUT2D eigenvalue weighted by atomic mass is 10.1. The Morgan fingerprint density at radius 2 is 1.95 bits per heavy atom. The van der Waals surface area contributed by atoms with E-state index >= 15 is 0 Å². The van der Waals surface area contributed by atoms with E-state index in [0.29, 0.717) is 5.69 Å². The van der Waals surface area contributed by atoms with Crippen LogP contribution in [0, 0.1) is 0 Å². The third kappa shape index (κ3) is 2.97. The molecule has 0 saturated heterocycles. The van der Waals surface area contributed by atoms with Crippen molar-refractivity contribution in [2.45, 2.75) is 6.54 Å². The van der Waals surface area contributed by atoms with E-state index in [-0.39, 0.29) is 6.54 Å². The van der Waals surface area contributed by atoms with Gasteiger partial charge in [-0.05, 0) is 18.2 Å². The quantitative estimate of drug-likeness (QED) is 0.772. The first-order valence-electron chi connectivity index (χ1n) is 6.50. The molecule has 0 aliphatic carbocycles. The van der Waals surface area contributed by atoms with Gasteiger partial charge in [0.2, 0.25) is 0 Å². The maximum atomic E-state index is 10.5. The smallest absolute Gasteiger partial charge is 0.404 e. The van der Waals surface area contributed by atoms with E-state index in [1.165, 1.54) is 0 Å². The molecule has 0 atom stereocenters. The largest absolute Gasteiger partial charge is 0.465 e. The summed E-state index contributed by atoms with van der Waals surface area (Å²) in [6.45, 7) is 0.169. The van der Waals surface area contributed by atoms with Gasteiger partial charge in [-0.1, -0.05) is 30.3 Å². The van der Waals surface area contributed by atoms with Crippen LogP contribution in [0.5, 0.6) is 0 Å². The van der Waals surface area contributed by atoms with E-state index in [4.69, 9.17) is 5.11 Å². The van der Waals surface area contributed by atoms with Crippen LogP contribution in [0.3, 0.4) is 0 Å². The molecule has 5 nitrogen and oxygen atoms in total. The minimum absolute atomic E-state index is 0.169. The molecule has 0 saturated carbocycles. The Hall–Kier alpha value is -2.95. The molecular weight excluding hydrogens is 266 g/mol. The summed E-state index contributed by atoms with van der Waals surface area (Å²) < 4.78 is 0. The van der Waals surface area contributed by atoms with E-state index in [1.54, 1.807) is 12.3 Å². The molecule has 5 heteroatoms. The number of hydrogen-bond acceptors (Lipinski definition) is 3. The second-order valence-corrected chi connectivity index (χ2v) is 4.59. The van der Waals surface area contributed by atoms with Crippen molar-refractivity contribution < 1.29 is 9.90 Å². The third-order valence-corrected chi connectivity index (χ3v) is 3.12. The van der Waals surface area contributed by atoms with Crippen LogP contribution in [-0.2, 0) is 6.54 Å². The Morgan fingerprint density at radius 1 is 1.14 bits per heavy atom. The predicted molar refractivity (Wildman–Crippen MR) is 79.8 cm³/mol. The minimum atomic E-state index is -1.07. The van der Waals surface area contributed by atoms with Crippen LogP contribution >= 0.6 is 0 Å². The number of carbonyl (C=O) groups is 1. The van der Waals surface area contributed by atoms with E-state index in [0.717, 1.165) is 22.2 Å². The molecule has 1 amide bonds. The molecule has 3 aromatic rings. The standard InChI is InChI=1S/C16H13N3O2/c20-16(21)18-10-13-8-15-12(9-17-13)6-7-14(19-15)11-4-2-1-3-5-11/h1-9,18H,10H2,(H,20,21). The average molecular weight is 279 g/mol. The molecule has 0 spiro atoms. The van der Waals surface area contributed by atoms with Crippen molar-refractivity contribution in [1.82, 2.24) is 15.3 Å². The van der Waals surface area contributed by atoms with E-state index < -0.39 is 6.09 Å². The number of rotatable bonds is 3. The molecule has 0 fully saturated rings. The van der Waals surface area contributed by atoms with Crippen molar-refractivity contribution in [3.05, 3.63) is 60.4 Å². The fraction of sp³-hybridized carbons (Fsp3) is 0.0625. The van der Waals surface area contributed by atoms with Gasteiger partial charge < -0.3 is 10.4 Å². The number of nitrogens with one attached hydrogen (secondary N) is 1. The van der Waals surface area contributed by atoms with Crippen molar-refractivity contribution in [2.24, 2.45) is 0 Å². The second kappa shape index (κ2) is 5.58. The minimum Gasteiger partial charge on any atom is -0.465 e. The summed E-state index contributed by atoms with van der Waals surface area (Å²) in [5.74, 6) is 0. The maximum Gasteiger partial charge on any atom is 0.404 e. The number of benzene rings is 1. The molecule has 0 aliphatic heterocycles. The lowest BCUT2D eigenvalue weighted by molar-refractivity contribution is 0.194. The zero-order valence-electron chi connectivity index (χ0n) is 11.2. The van der Waals surface area contributed by atoms with Crippen LogP contribution in [-0.4, -0.2) is 21.2 Å². The van der Waals surface area contributed by atoms with Gasteiger partial charge in [0.05, 0.1) is 23.4 Å². The zero-order valence-corrected chi connectivity index (χ0v) is 11.2. The first-order chi connectivity index (χ1) is 10.2. The third-order valence-electron chi connectivity index (χ3n) is 3.12. The fourth-order valence-corrected chi connectivity index (χ4v) is 2.09. The van der Waals surface area contributed by atoms with Crippen LogP contribution in [0.15, 0.2) is 54.7 Å². The highest BCUT2D eigenvalue weighted by atomic mass is 16.4. The normalized spacial score (nSPS) is 10.5. The van der Waals surface area contributed by atoms with Gasteiger partial charge >= 0.3 is 6.09 Å². The number of fused-ring (bicyclic) bond motifs is 1. The second-order valence-electron chi connectivity index (χ2n) is 4.59. The Kier molecular flexibility index (Phi) is 3.47. The van der Waals surface area contributed by atoms with Crippen molar-refractivity contribution in [3.63, 3.8) is 0 Å². The predicted octanol–water partition coefficient (Wildman–Crippen LogP) is 3.06. The first-order valence-corrected chi connectivity index (χ1v) is 6.50. The van der Waals surface area contributed by atoms with Gasteiger partial charge in [-0.25, -0.2) is 9.78 Å². The Balaban J connectivity index is 1.97.